The van der Waals surface area contributed by atoms with Crippen LogP contribution in [-0.2, 0) is 19.1 Å². The standard InChI is InChI=1S/C40H72O6/c1-3-5-7-9-11-12-13-14-15-16-17-18-19-21-25-29-33-39(43)45-35-38(42)36-46-40(44)34-30-26-22-24-28-32-37(41)31-27-23-20-10-8-6-4-2/h6,8,20,23,27,31,37-38,41-42H,3-5,7,9-19,21-22,24-26,28-30,32-36H2,1-2H3/b8-6+,23-20+,31-27+/t37?,38-/m1/s1. The number of carbonyl (C=O) groups is 2. The zero-order valence-electron chi connectivity index (χ0n) is 29.9. The zero-order valence-corrected chi connectivity index (χ0v) is 29.9. The summed E-state index contributed by atoms with van der Waals surface area (Å²) in [5.41, 5.74) is 0. The van der Waals surface area contributed by atoms with Crippen LogP contribution in [0.25, 0.3) is 0 Å². The van der Waals surface area contributed by atoms with Crippen LogP contribution in [0.2, 0.25) is 0 Å². The highest BCUT2D eigenvalue weighted by Crippen LogP contribution is 2.14. The Morgan fingerprint density at radius 1 is 0.543 bits per heavy atom. The molecule has 0 aliphatic heterocycles. The first kappa shape index (κ1) is 44.1. The summed E-state index contributed by atoms with van der Waals surface area (Å²) in [4.78, 5) is 23.9. The summed E-state index contributed by atoms with van der Waals surface area (Å²) in [7, 11) is 0. The number of carbonyl (C=O) groups excluding carboxylic acids is 2. The van der Waals surface area contributed by atoms with E-state index in [1.807, 2.05) is 18.2 Å². The molecule has 268 valence electrons. The van der Waals surface area contributed by atoms with Gasteiger partial charge in [0.05, 0.1) is 6.10 Å². The molecule has 0 aliphatic carbocycles. The first-order valence-electron chi connectivity index (χ1n) is 19.1. The summed E-state index contributed by atoms with van der Waals surface area (Å²) in [5, 5.41) is 20.0. The van der Waals surface area contributed by atoms with Gasteiger partial charge in [0, 0.05) is 12.8 Å². The van der Waals surface area contributed by atoms with Gasteiger partial charge in [-0.2, -0.15) is 0 Å². The van der Waals surface area contributed by atoms with Gasteiger partial charge < -0.3 is 19.7 Å². The first-order valence-corrected chi connectivity index (χ1v) is 19.1. The molecule has 0 heterocycles. The van der Waals surface area contributed by atoms with Gasteiger partial charge in [0.2, 0.25) is 0 Å². The van der Waals surface area contributed by atoms with Crippen molar-refractivity contribution in [2.75, 3.05) is 13.2 Å². The molecule has 0 aromatic carbocycles. The van der Waals surface area contributed by atoms with Crippen molar-refractivity contribution in [3.05, 3.63) is 36.5 Å². The Labute approximate surface area is 283 Å². The maximum Gasteiger partial charge on any atom is 0.305 e. The molecule has 0 saturated heterocycles. The molecule has 0 fully saturated rings. The molecule has 0 saturated carbocycles. The minimum atomic E-state index is -0.993. The lowest BCUT2D eigenvalue weighted by Gasteiger charge is -2.12. The van der Waals surface area contributed by atoms with Crippen molar-refractivity contribution in [3.8, 4) is 0 Å². The molecule has 0 aliphatic rings. The molecule has 2 N–H and O–H groups in total. The molecular formula is C40H72O6. The highest BCUT2D eigenvalue weighted by Gasteiger charge is 2.12. The molecule has 0 amide bonds. The fraction of sp³-hybridized carbons (Fsp3) is 0.800. The van der Waals surface area contributed by atoms with Crippen molar-refractivity contribution >= 4 is 11.9 Å². The van der Waals surface area contributed by atoms with Crippen LogP contribution in [0.1, 0.15) is 181 Å². The largest absolute Gasteiger partial charge is 0.463 e. The second kappa shape index (κ2) is 35.9. The van der Waals surface area contributed by atoms with Crippen molar-refractivity contribution in [2.45, 2.75) is 193 Å². The van der Waals surface area contributed by atoms with Gasteiger partial charge in [0.15, 0.2) is 0 Å². The van der Waals surface area contributed by atoms with E-state index in [-0.39, 0.29) is 25.2 Å². The molecule has 6 heteroatoms. The van der Waals surface area contributed by atoms with Gasteiger partial charge in [-0.15, -0.1) is 0 Å². The lowest BCUT2D eigenvalue weighted by molar-refractivity contribution is -0.152. The Balaban J connectivity index is 3.51. The van der Waals surface area contributed by atoms with E-state index in [2.05, 4.69) is 32.1 Å². The monoisotopic (exact) mass is 649 g/mol. The number of aliphatic hydroxyl groups excluding tert-OH is 2. The number of hydrogen-bond acceptors (Lipinski definition) is 6. The maximum atomic E-state index is 12.0. The van der Waals surface area contributed by atoms with Gasteiger partial charge in [-0.3, -0.25) is 9.59 Å². The smallest absolute Gasteiger partial charge is 0.305 e. The highest BCUT2D eigenvalue weighted by molar-refractivity contribution is 5.69. The maximum absolute atomic E-state index is 12.0. The Hall–Kier alpha value is -1.92. The molecule has 0 radical (unpaired) electrons. The molecule has 1 unspecified atom stereocenters. The van der Waals surface area contributed by atoms with E-state index in [0.717, 1.165) is 70.6 Å². The van der Waals surface area contributed by atoms with Crippen LogP contribution < -0.4 is 0 Å². The lowest BCUT2D eigenvalue weighted by atomic mass is 10.0. The number of ether oxygens (including phenoxy) is 2. The molecule has 0 bridgehead atoms. The fourth-order valence-electron chi connectivity index (χ4n) is 5.33. The molecule has 2 atom stereocenters. The van der Waals surface area contributed by atoms with Gasteiger partial charge in [0.25, 0.3) is 0 Å². The predicted octanol–water partition coefficient (Wildman–Crippen LogP) is 10.6. The van der Waals surface area contributed by atoms with Crippen LogP contribution in [0, 0.1) is 0 Å². The van der Waals surface area contributed by atoms with E-state index in [0.29, 0.717) is 12.8 Å². The van der Waals surface area contributed by atoms with Crippen LogP contribution in [0.5, 0.6) is 0 Å². The summed E-state index contributed by atoms with van der Waals surface area (Å²) in [6.45, 7) is 4.09. The van der Waals surface area contributed by atoms with E-state index in [1.165, 1.54) is 83.5 Å². The fourth-order valence-corrected chi connectivity index (χ4v) is 5.33. The van der Waals surface area contributed by atoms with Crippen molar-refractivity contribution < 1.29 is 29.3 Å². The third kappa shape index (κ3) is 34.9. The zero-order chi connectivity index (χ0) is 33.8. The van der Waals surface area contributed by atoms with Crippen LogP contribution in [0.15, 0.2) is 36.5 Å². The Morgan fingerprint density at radius 3 is 1.43 bits per heavy atom. The number of aliphatic hydroxyl groups is 2. The molecule has 46 heavy (non-hydrogen) atoms. The minimum absolute atomic E-state index is 0.140. The predicted molar refractivity (Wildman–Crippen MR) is 193 cm³/mol. The highest BCUT2D eigenvalue weighted by atomic mass is 16.6. The van der Waals surface area contributed by atoms with E-state index >= 15 is 0 Å². The Kier molecular flexibility index (Phi) is 34.4. The van der Waals surface area contributed by atoms with Crippen LogP contribution in [0.4, 0.5) is 0 Å². The third-order valence-corrected chi connectivity index (χ3v) is 8.24. The minimum Gasteiger partial charge on any atom is -0.463 e. The van der Waals surface area contributed by atoms with Gasteiger partial charge in [-0.1, -0.05) is 172 Å². The van der Waals surface area contributed by atoms with Crippen LogP contribution in [-0.4, -0.2) is 47.6 Å². The third-order valence-electron chi connectivity index (χ3n) is 8.24. The summed E-state index contributed by atoms with van der Waals surface area (Å²) >= 11 is 0. The summed E-state index contributed by atoms with van der Waals surface area (Å²) in [6, 6.07) is 0. The van der Waals surface area contributed by atoms with Crippen molar-refractivity contribution in [2.24, 2.45) is 0 Å². The SMILES string of the molecule is CC/C=C/C/C=C/C=C/C(O)CCCCCCCC(=O)OC[C@H](O)COC(=O)CCCCCCCCCCCCCCCCCC. The van der Waals surface area contributed by atoms with Crippen LogP contribution in [0.3, 0.4) is 0 Å². The number of rotatable bonds is 34. The molecule has 0 aromatic rings. The van der Waals surface area contributed by atoms with Gasteiger partial charge in [-0.25, -0.2) is 0 Å². The van der Waals surface area contributed by atoms with Gasteiger partial charge in [0.1, 0.15) is 19.3 Å². The second-order valence-corrected chi connectivity index (χ2v) is 12.9. The van der Waals surface area contributed by atoms with Crippen molar-refractivity contribution in [1.29, 1.82) is 0 Å². The average Bonchev–Trinajstić information content (AvgIpc) is 3.05. The van der Waals surface area contributed by atoms with Crippen molar-refractivity contribution in [1.82, 2.24) is 0 Å². The number of allylic oxidation sites excluding steroid dienone is 5. The van der Waals surface area contributed by atoms with Gasteiger partial charge >= 0.3 is 11.9 Å². The summed E-state index contributed by atoms with van der Waals surface area (Å²) in [5.74, 6) is -0.635. The molecule has 0 rings (SSSR count). The summed E-state index contributed by atoms with van der Waals surface area (Å²) < 4.78 is 10.3. The lowest BCUT2D eigenvalue weighted by Crippen LogP contribution is -2.25. The molecule has 6 nitrogen and oxygen atoms in total. The van der Waals surface area contributed by atoms with Crippen molar-refractivity contribution in [3.63, 3.8) is 0 Å². The molecule has 0 aromatic heterocycles. The first-order chi connectivity index (χ1) is 22.5. The van der Waals surface area contributed by atoms with Crippen LogP contribution >= 0.6 is 0 Å². The van der Waals surface area contributed by atoms with Gasteiger partial charge in [-0.05, 0) is 32.1 Å². The number of unbranched alkanes of at least 4 members (excludes halogenated alkanes) is 19. The Bertz CT molecular complexity index is 759. The summed E-state index contributed by atoms with van der Waals surface area (Å²) in [6.07, 6.45) is 39.3. The topological polar surface area (TPSA) is 93.1 Å². The quantitative estimate of drug-likeness (QED) is 0.0312. The Morgan fingerprint density at radius 2 is 0.978 bits per heavy atom. The second-order valence-electron chi connectivity index (χ2n) is 12.9. The molecular weight excluding hydrogens is 576 g/mol. The molecule has 0 spiro atoms. The normalized spacial score (nSPS) is 13.2. The number of hydrogen-bond donors (Lipinski definition) is 2. The number of esters is 2. The van der Waals surface area contributed by atoms with E-state index in [1.54, 1.807) is 0 Å². The average molecular weight is 649 g/mol. The van der Waals surface area contributed by atoms with E-state index < -0.39 is 12.2 Å². The van der Waals surface area contributed by atoms with E-state index in [4.69, 9.17) is 9.47 Å². The van der Waals surface area contributed by atoms with E-state index in [9.17, 15) is 19.8 Å².